The molecule has 0 unspecified atom stereocenters. The van der Waals surface area contributed by atoms with Gasteiger partial charge in [-0.2, -0.15) is 0 Å². The average molecular weight is 279 g/mol. The van der Waals surface area contributed by atoms with Gasteiger partial charge < -0.3 is 15.2 Å². The minimum Gasteiger partial charge on any atom is -0.478 e. The second kappa shape index (κ2) is 9.09. The van der Waals surface area contributed by atoms with Gasteiger partial charge in [-0.05, 0) is 37.0 Å². The molecule has 0 saturated carbocycles. The number of unbranched alkanes of at least 4 members (excludes halogenated alkanes) is 1. The fourth-order valence-corrected chi connectivity index (χ4v) is 1.76. The van der Waals surface area contributed by atoms with Crippen molar-refractivity contribution in [1.29, 1.82) is 0 Å². The van der Waals surface area contributed by atoms with Crippen LogP contribution < -0.4 is 5.32 Å². The van der Waals surface area contributed by atoms with Crippen molar-refractivity contribution >= 4 is 11.9 Å². The summed E-state index contributed by atoms with van der Waals surface area (Å²) in [6, 6.07) is 6.60. The van der Waals surface area contributed by atoms with Crippen molar-refractivity contribution in [2.45, 2.75) is 25.7 Å². The predicted octanol–water partition coefficient (Wildman–Crippen LogP) is 1.86. The fourth-order valence-electron chi connectivity index (χ4n) is 1.76. The molecule has 0 heterocycles. The van der Waals surface area contributed by atoms with Crippen LogP contribution in [-0.2, 0) is 16.0 Å². The molecule has 0 spiro atoms. The van der Waals surface area contributed by atoms with Crippen molar-refractivity contribution in [3.8, 4) is 0 Å². The Labute approximate surface area is 118 Å². The number of hydrogen-bond donors (Lipinski definition) is 2. The van der Waals surface area contributed by atoms with E-state index in [1.54, 1.807) is 31.4 Å². The Morgan fingerprint density at radius 1 is 1.20 bits per heavy atom. The Balaban J connectivity index is 2.22. The number of nitrogens with one attached hydrogen (secondary N) is 1. The van der Waals surface area contributed by atoms with Gasteiger partial charge in [0.05, 0.1) is 5.56 Å². The molecule has 1 aromatic carbocycles. The third kappa shape index (κ3) is 6.33. The Morgan fingerprint density at radius 3 is 2.50 bits per heavy atom. The standard InChI is InChI=1S/C15H21NO4/c1-20-11-3-2-10-16-14(17)9-6-12-4-7-13(8-5-12)15(18)19/h4-5,7-8H,2-3,6,9-11H2,1H3,(H,16,17)(H,18,19). The van der Waals surface area contributed by atoms with Crippen LogP contribution >= 0.6 is 0 Å². The zero-order valence-electron chi connectivity index (χ0n) is 11.7. The number of benzene rings is 1. The monoisotopic (exact) mass is 279 g/mol. The summed E-state index contributed by atoms with van der Waals surface area (Å²) in [5, 5.41) is 11.6. The molecule has 2 N–H and O–H groups in total. The second-order valence-corrected chi connectivity index (χ2v) is 4.55. The van der Waals surface area contributed by atoms with Gasteiger partial charge in [-0.25, -0.2) is 4.79 Å². The predicted molar refractivity (Wildman–Crippen MR) is 75.8 cm³/mol. The van der Waals surface area contributed by atoms with Crippen molar-refractivity contribution in [2.75, 3.05) is 20.3 Å². The van der Waals surface area contributed by atoms with Crippen LogP contribution in [0.1, 0.15) is 35.2 Å². The number of carbonyl (C=O) groups excluding carboxylic acids is 1. The molecule has 0 aliphatic heterocycles. The Hall–Kier alpha value is -1.88. The minimum absolute atomic E-state index is 0.0183. The highest BCUT2D eigenvalue weighted by Crippen LogP contribution is 2.06. The number of amides is 1. The van der Waals surface area contributed by atoms with E-state index in [4.69, 9.17) is 9.84 Å². The van der Waals surface area contributed by atoms with Crippen LogP contribution in [0.15, 0.2) is 24.3 Å². The molecular weight excluding hydrogens is 258 g/mol. The van der Waals surface area contributed by atoms with E-state index in [2.05, 4.69) is 5.32 Å². The largest absolute Gasteiger partial charge is 0.478 e. The van der Waals surface area contributed by atoms with Crippen LogP contribution in [-0.4, -0.2) is 37.2 Å². The van der Waals surface area contributed by atoms with E-state index in [1.165, 1.54) is 0 Å². The summed E-state index contributed by atoms with van der Waals surface area (Å²) in [6.45, 7) is 1.38. The molecule has 0 aliphatic carbocycles. The lowest BCUT2D eigenvalue weighted by molar-refractivity contribution is -0.121. The number of carboxylic acids is 1. The quantitative estimate of drug-likeness (QED) is 0.677. The van der Waals surface area contributed by atoms with Crippen LogP contribution in [0.3, 0.4) is 0 Å². The van der Waals surface area contributed by atoms with Crippen LogP contribution in [0, 0.1) is 0 Å². The molecule has 1 rings (SSSR count). The van der Waals surface area contributed by atoms with Crippen molar-refractivity contribution in [3.05, 3.63) is 35.4 Å². The van der Waals surface area contributed by atoms with Crippen LogP contribution in [0.25, 0.3) is 0 Å². The highest BCUT2D eigenvalue weighted by molar-refractivity contribution is 5.87. The number of ether oxygens (including phenoxy) is 1. The molecule has 5 nitrogen and oxygen atoms in total. The van der Waals surface area contributed by atoms with Crippen LogP contribution in [0.5, 0.6) is 0 Å². The molecule has 0 atom stereocenters. The van der Waals surface area contributed by atoms with Crippen molar-refractivity contribution < 1.29 is 19.4 Å². The minimum atomic E-state index is -0.939. The number of methoxy groups -OCH3 is 1. The van der Waals surface area contributed by atoms with Crippen molar-refractivity contribution in [2.24, 2.45) is 0 Å². The molecule has 0 aromatic heterocycles. The first kappa shape index (κ1) is 16.2. The first-order chi connectivity index (χ1) is 9.63. The highest BCUT2D eigenvalue weighted by Gasteiger charge is 2.04. The number of carbonyl (C=O) groups is 2. The number of rotatable bonds is 9. The molecule has 20 heavy (non-hydrogen) atoms. The Morgan fingerprint density at radius 2 is 1.90 bits per heavy atom. The molecule has 0 aliphatic rings. The molecule has 0 fully saturated rings. The van der Waals surface area contributed by atoms with Crippen molar-refractivity contribution in [3.63, 3.8) is 0 Å². The van der Waals surface area contributed by atoms with E-state index >= 15 is 0 Å². The summed E-state index contributed by atoms with van der Waals surface area (Å²) in [4.78, 5) is 22.3. The van der Waals surface area contributed by atoms with Crippen LogP contribution in [0.2, 0.25) is 0 Å². The summed E-state index contributed by atoms with van der Waals surface area (Å²) in [5.41, 5.74) is 1.22. The van der Waals surface area contributed by atoms with Gasteiger partial charge in [-0.15, -0.1) is 0 Å². The van der Waals surface area contributed by atoms with Gasteiger partial charge in [0.15, 0.2) is 0 Å². The number of aromatic carboxylic acids is 1. The number of aryl methyl sites for hydroxylation is 1. The van der Waals surface area contributed by atoms with Gasteiger partial charge in [0.1, 0.15) is 0 Å². The van der Waals surface area contributed by atoms with E-state index in [0.717, 1.165) is 18.4 Å². The maximum absolute atomic E-state index is 11.6. The summed E-state index contributed by atoms with van der Waals surface area (Å²) in [5.74, 6) is -0.921. The van der Waals surface area contributed by atoms with E-state index in [0.29, 0.717) is 26.0 Å². The number of carboxylic acid groups (broad SMARTS) is 1. The molecule has 0 bridgehead atoms. The molecule has 0 radical (unpaired) electrons. The summed E-state index contributed by atoms with van der Waals surface area (Å²) in [6.07, 6.45) is 2.88. The van der Waals surface area contributed by atoms with E-state index in [9.17, 15) is 9.59 Å². The smallest absolute Gasteiger partial charge is 0.335 e. The Kier molecular flexibility index (Phi) is 7.35. The fraction of sp³-hybridized carbons (Fsp3) is 0.467. The normalized spacial score (nSPS) is 10.2. The highest BCUT2D eigenvalue weighted by atomic mass is 16.5. The molecule has 0 saturated heterocycles. The lowest BCUT2D eigenvalue weighted by Gasteiger charge is -2.05. The first-order valence-electron chi connectivity index (χ1n) is 6.71. The van der Waals surface area contributed by atoms with Crippen molar-refractivity contribution in [1.82, 2.24) is 5.32 Å². The zero-order chi connectivity index (χ0) is 14.8. The third-order valence-corrected chi connectivity index (χ3v) is 2.94. The van der Waals surface area contributed by atoms with Gasteiger partial charge in [-0.1, -0.05) is 12.1 Å². The van der Waals surface area contributed by atoms with E-state index in [1.807, 2.05) is 0 Å². The Bertz CT molecular complexity index is 428. The molecule has 1 amide bonds. The number of hydrogen-bond acceptors (Lipinski definition) is 3. The summed E-state index contributed by atoms with van der Waals surface area (Å²) < 4.78 is 4.93. The maximum atomic E-state index is 11.6. The summed E-state index contributed by atoms with van der Waals surface area (Å²) >= 11 is 0. The molecule has 110 valence electrons. The topological polar surface area (TPSA) is 75.6 Å². The van der Waals surface area contributed by atoms with Gasteiger partial charge in [0.25, 0.3) is 0 Å². The van der Waals surface area contributed by atoms with Gasteiger partial charge in [0, 0.05) is 26.7 Å². The lowest BCUT2D eigenvalue weighted by Crippen LogP contribution is -2.24. The third-order valence-electron chi connectivity index (χ3n) is 2.94. The zero-order valence-corrected chi connectivity index (χ0v) is 11.7. The SMILES string of the molecule is COCCCCNC(=O)CCc1ccc(C(=O)O)cc1. The van der Waals surface area contributed by atoms with Gasteiger partial charge >= 0.3 is 5.97 Å². The molecular formula is C15H21NO4. The van der Waals surface area contributed by atoms with Gasteiger partial charge in [0.2, 0.25) is 5.91 Å². The van der Waals surface area contributed by atoms with E-state index < -0.39 is 5.97 Å². The summed E-state index contributed by atoms with van der Waals surface area (Å²) in [7, 11) is 1.66. The van der Waals surface area contributed by atoms with Crippen LogP contribution in [0.4, 0.5) is 0 Å². The lowest BCUT2D eigenvalue weighted by atomic mass is 10.1. The molecule has 5 heteroatoms. The first-order valence-corrected chi connectivity index (χ1v) is 6.71. The van der Waals surface area contributed by atoms with Gasteiger partial charge in [-0.3, -0.25) is 4.79 Å². The van der Waals surface area contributed by atoms with E-state index in [-0.39, 0.29) is 11.5 Å². The second-order valence-electron chi connectivity index (χ2n) is 4.55. The molecule has 1 aromatic rings. The maximum Gasteiger partial charge on any atom is 0.335 e. The average Bonchev–Trinajstić information content (AvgIpc) is 2.45.